The molecule has 0 spiro atoms. The fourth-order valence-corrected chi connectivity index (χ4v) is 4.12. The first-order valence-corrected chi connectivity index (χ1v) is 8.73. The summed E-state index contributed by atoms with van der Waals surface area (Å²) < 4.78 is 0. The molecule has 0 aromatic rings. The number of aliphatic hydroxyl groups is 1. The summed E-state index contributed by atoms with van der Waals surface area (Å²) in [6.45, 7) is 8.60. The van der Waals surface area contributed by atoms with Crippen molar-refractivity contribution in [1.82, 2.24) is 10.2 Å². The van der Waals surface area contributed by atoms with Crippen LogP contribution in [0.15, 0.2) is 0 Å². The van der Waals surface area contributed by atoms with Gasteiger partial charge in [0.25, 0.3) is 0 Å². The molecule has 0 radical (unpaired) electrons. The largest absolute Gasteiger partial charge is 0.396 e. The molecule has 0 bridgehead atoms. The maximum absolute atomic E-state index is 9.06. The van der Waals surface area contributed by atoms with E-state index in [1.165, 1.54) is 64.6 Å². The highest BCUT2D eigenvalue weighted by molar-refractivity contribution is 4.93. The van der Waals surface area contributed by atoms with Crippen LogP contribution in [0, 0.1) is 5.41 Å². The SMILES string of the molecule is CC(C)NCC1(CN2CCCC2CCCO)CCCC1. The summed E-state index contributed by atoms with van der Waals surface area (Å²) in [5.74, 6) is 0. The molecule has 1 aliphatic heterocycles. The van der Waals surface area contributed by atoms with E-state index in [1.807, 2.05) is 0 Å². The minimum absolute atomic E-state index is 0.352. The molecule has 20 heavy (non-hydrogen) atoms. The van der Waals surface area contributed by atoms with E-state index in [4.69, 9.17) is 5.11 Å². The van der Waals surface area contributed by atoms with Gasteiger partial charge >= 0.3 is 0 Å². The van der Waals surface area contributed by atoms with Crippen LogP contribution in [0.3, 0.4) is 0 Å². The summed E-state index contributed by atoms with van der Waals surface area (Å²) in [5, 5.41) is 12.8. The smallest absolute Gasteiger partial charge is 0.0431 e. The molecule has 1 atom stereocenters. The third-order valence-electron chi connectivity index (χ3n) is 5.28. The zero-order valence-electron chi connectivity index (χ0n) is 13.5. The van der Waals surface area contributed by atoms with Gasteiger partial charge in [-0.15, -0.1) is 0 Å². The van der Waals surface area contributed by atoms with E-state index >= 15 is 0 Å². The Balaban J connectivity index is 1.89. The summed E-state index contributed by atoms with van der Waals surface area (Å²) in [6.07, 6.45) is 10.5. The third-order valence-corrected chi connectivity index (χ3v) is 5.28. The number of nitrogens with one attached hydrogen (secondary N) is 1. The molecule has 1 unspecified atom stereocenters. The first-order chi connectivity index (χ1) is 9.65. The maximum Gasteiger partial charge on any atom is 0.0431 e. The van der Waals surface area contributed by atoms with Crippen molar-refractivity contribution in [1.29, 1.82) is 0 Å². The van der Waals surface area contributed by atoms with Crippen LogP contribution in [-0.4, -0.2) is 48.3 Å². The molecular formula is C17H34N2O. The second-order valence-corrected chi connectivity index (χ2v) is 7.38. The number of likely N-dealkylation sites (tertiary alicyclic amines) is 1. The van der Waals surface area contributed by atoms with Gasteiger partial charge in [-0.05, 0) is 50.5 Å². The summed E-state index contributed by atoms with van der Waals surface area (Å²) in [7, 11) is 0. The van der Waals surface area contributed by atoms with Gasteiger partial charge in [0.2, 0.25) is 0 Å². The van der Waals surface area contributed by atoms with Crippen LogP contribution in [0.2, 0.25) is 0 Å². The lowest BCUT2D eigenvalue weighted by atomic mass is 9.84. The molecule has 0 aromatic carbocycles. The Hall–Kier alpha value is -0.120. The molecule has 2 aliphatic rings. The van der Waals surface area contributed by atoms with Crippen LogP contribution < -0.4 is 5.32 Å². The standard InChI is InChI=1S/C17H34N2O/c1-15(2)18-13-17(9-3-4-10-17)14-19-11-5-7-16(19)8-6-12-20/h15-16,18,20H,3-14H2,1-2H3. The van der Waals surface area contributed by atoms with Crippen LogP contribution in [-0.2, 0) is 0 Å². The highest BCUT2D eigenvalue weighted by atomic mass is 16.2. The average molecular weight is 282 g/mol. The van der Waals surface area contributed by atoms with Gasteiger partial charge in [0.1, 0.15) is 0 Å². The second kappa shape index (κ2) is 7.77. The van der Waals surface area contributed by atoms with Crippen molar-refractivity contribution in [3.05, 3.63) is 0 Å². The molecule has 0 aromatic heterocycles. The number of rotatable bonds is 8. The highest BCUT2D eigenvalue weighted by Crippen LogP contribution is 2.40. The fraction of sp³-hybridized carbons (Fsp3) is 1.00. The minimum Gasteiger partial charge on any atom is -0.396 e. The molecule has 2 N–H and O–H groups in total. The highest BCUT2D eigenvalue weighted by Gasteiger charge is 2.38. The average Bonchev–Trinajstić information content (AvgIpc) is 3.05. The lowest BCUT2D eigenvalue weighted by Gasteiger charge is -2.37. The van der Waals surface area contributed by atoms with E-state index in [2.05, 4.69) is 24.1 Å². The van der Waals surface area contributed by atoms with Crippen molar-refractivity contribution in [3.8, 4) is 0 Å². The molecule has 3 heteroatoms. The topological polar surface area (TPSA) is 35.5 Å². The molecule has 1 saturated heterocycles. The van der Waals surface area contributed by atoms with Gasteiger partial charge in [-0.25, -0.2) is 0 Å². The number of nitrogens with zero attached hydrogens (tertiary/aromatic N) is 1. The van der Waals surface area contributed by atoms with E-state index in [9.17, 15) is 0 Å². The number of hydrogen-bond donors (Lipinski definition) is 2. The van der Waals surface area contributed by atoms with Crippen molar-refractivity contribution in [2.45, 2.75) is 77.3 Å². The zero-order valence-corrected chi connectivity index (χ0v) is 13.5. The van der Waals surface area contributed by atoms with Crippen LogP contribution in [0.1, 0.15) is 65.2 Å². The summed E-state index contributed by atoms with van der Waals surface area (Å²) in [4.78, 5) is 2.74. The predicted molar refractivity (Wildman–Crippen MR) is 85.0 cm³/mol. The number of aliphatic hydroxyl groups excluding tert-OH is 1. The van der Waals surface area contributed by atoms with Crippen LogP contribution >= 0.6 is 0 Å². The van der Waals surface area contributed by atoms with Gasteiger partial charge < -0.3 is 10.4 Å². The van der Waals surface area contributed by atoms with E-state index in [0.717, 1.165) is 12.5 Å². The van der Waals surface area contributed by atoms with Gasteiger partial charge in [0.15, 0.2) is 0 Å². The van der Waals surface area contributed by atoms with Crippen molar-refractivity contribution in [3.63, 3.8) is 0 Å². The Kier molecular flexibility index (Phi) is 6.31. The normalized spacial score (nSPS) is 26.7. The lowest BCUT2D eigenvalue weighted by Crippen LogP contribution is -2.45. The van der Waals surface area contributed by atoms with Gasteiger partial charge in [0, 0.05) is 31.8 Å². The fourth-order valence-electron chi connectivity index (χ4n) is 4.12. The third kappa shape index (κ3) is 4.44. The molecule has 0 amide bonds. The molecule has 1 aliphatic carbocycles. The Morgan fingerprint density at radius 2 is 2.00 bits per heavy atom. The summed E-state index contributed by atoms with van der Waals surface area (Å²) in [6, 6.07) is 1.33. The van der Waals surface area contributed by atoms with Crippen molar-refractivity contribution < 1.29 is 5.11 Å². The monoisotopic (exact) mass is 282 g/mol. The van der Waals surface area contributed by atoms with E-state index < -0.39 is 0 Å². The second-order valence-electron chi connectivity index (χ2n) is 7.38. The van der Waals surface area contributed by atoms with Gasteiger partial charge in [-0.3, -0.25) is 4.90 Å². The van der Waals surface area contributed by atoms with Crippen LogP contribution in [0.25, 0.3) is 0 Å². The molecule has 2 fully saturated rings. The molecular weight excluding hydrogens is 248 g/mol. The lowest BCUT2D eigenvalue weighted by molar-refractivity contribution is 0.127. The Morgan fingerprint density at radius 1 is 1.25 bits per heavy atom. The van der Waals surface area contributed by atoms with Gasteiger partial charge in [-0.2, -0.15) is 0 Å². The zero-order chi connectivity index (χ0) is 14.4. The first-order valence-electron chi connectivity index (χ1n) is 8.73. The van der Waals surface area contributed by atoms with Crippen molar-refractivity contribution in [2.24, 2.45) is 5.41 Å². The van der Waals surface area contributed by atoms with E-state index in [0.29, 0.717) is 18.1 Å². The maximum atomic E-state index is 9.06. The van der Waals surface area contributed by atoms with E-state index in [-0.39, 0.29) is 0 Å². The minimum atomic E-state index is 0.352. The Morgan fingerprint density at radius 3 is 2.65 bits per heavy atom. The van der Waals surface area contributed by atoms with Crippen molar-refractivity contribution >= 4 is 0 Å². The molecule has 118 valence electrons. The Bertz CT molecular complexity index is 274. The van der Waals surface area contributed by atoms with Crippen molar-refractivity contribution in [2.75, 3.05) is 26.2 Å². The summed E-state index contributed by atoms with van der Waals surface area (Å²) in [5.41, 5.74) is 0.520. The number of hydrogen-bond acceptors (Lipinski definition) is 3. The predicted octanol–water partition coefficient (Wildman–Crippen LogP) is 2.78. The first kappa shape index (κ1) is 16.3. The molecule has 1 heterocycles. The Labute approximate surface area is 125 Å². The molecule has 2 rings (SSSR count). The van der Waals surface area contributed by atoms with Crippen LogP contribution in [0.5, 0.6) is 0 Å². The summed E-state index contributed by atoms with van der Waals surface area (Å²) >= 11 is 0. The quantitative estimate of drug-likeness (QED) is 0.718. The molecule has 3 nitrogen and oxygen atoms in total. The molecule has 1 saturated carbocycles. The van der Waals surface area contributed by atoms with Crippen LogP contribution in [0.4, 0.5) is 0 Å². The van der Waals surface area contributed by atoms with Gasteiger partial charge in [0.05, 0.1) is 0 Å². The van der Waals surface area contributed by atoms with E-state index in [1.54, 1.807) is 0 Å². The van der Waals surface area contributed by atoms with Gasteiger partial charge in [-0.1, -0.05) is 26.7 Å².